The van der Waals surface area contributed by atoms with Gasteiger partial charge in [0.05, 0.1) is 16.8 Å². The van der Waals surface area contributed by atoms with Gasteiger partial charge in [0.25, 0.3) is 5.56 Å². The fourth-order valence-electron chi connectivity index (χ4n) is 3.00. The van der Waals surface area contributed by atoms with Gasteiger partial charge in [-0.25, -0.2) is 14.1 Å². The van der Waals surface area contributed by atoms with Crippen molar-refractivity contribution in [3.05, 3.63) is 69.7 Å². The van der Waals surface area contributed by atoms with Gasteiger partial charge in [-0.15, -0.1) is 11.3 Å². The maximum absolute atomic E-state index is 13.1. The third-order valence-corrected chi connectivity index (χ3v) is 5.35. The molecule has 1 N–H and O–H groups in total. The molecule has 0 unspecified atom stereocenters. The van der Waals surface area contributed by atoms with Crippen LogP contribution in [0, 0.1) is 12.7 Å². The third-order valence-electron chi connectivity index (χ3n) is 4.37. The van der Waals surface area contributed by atoms with Gasteiger partial charge in [-0.05, 0) is 43.3 Å². The average molecular weight is 424 g/mol. The number of methoxy groups -OCH3 is 1. The van der Waals surface area contributed by atoms with Gasteiger partial charge in [-0.2, -0.15) is 5.10 Å². The van der Waals surface area contributed by atoms with Crippen LogP contribution in [0.15, 0.2) is 53.3 Å². The first-order chi connectivity index (χ1) is 14.4. The number of thiazole rings is 1. The zero-order valence-electron chi connectivity index (χ0n) is 16.2. The summed E-state index contributed by atoms with van der Waals surface area (Å²) in [5.74, 6) is -0.215. The summed E-state index contributed by atoms with van der Waals surface area (Å²) in [7, 11) is 1.57. The summed E-state index contributed by atoms with van der Waals surface area (Å²) in [6.45, 7) is 1.50. The Morgan fingerprint density at radius 3 is 2.73 bits per heavy atom. The lowest BCUT2D eigenvalue weighted by molar-refractivity contribution is -0.117. The number of amides is 1. The number of anilines is 1. The third kappa shape index (κ3) is 3.92. The van der Waals surface area contributed by atoms with Gasteiger partial charge in [-0.1, -0.05) is 12.1 Å². The van der Waals surface area contributed by atoms with Crippen molar-refractivity contribution >= 4 is 33.1 Å². The van der Waals surface area contributed by atoms with Crippen LogP contribution in [0.3, 0.4) is 0 Å². The van der Waals surface area contributed by atoms with E-state index in [0.29, 0.717) is 21.8 Å². The molecule has 152 valence electrons. The molecule has 30 heavy (non-hydrogen) atoms. The fourth-order valence-corrected chi connectivity index (χ4v) is 3.92. The molecule has 1 amide bonds. The van der Waals surface area contributed by atoms with Gasteiger partial charge in [0.2, 0.25) is 5.91 Å². The molecule has 0 bridgehead atoms. The van der Waals surface area contributed by atoms with E-state index < -0.39 is 17.3 Å². The number of ether oxygens (including phenoxy) is 1. The first-order valence-corrected chi connectivity index (χ1v) is 9.84. The molecule has 4 rings (SSSR count). The molecule has 0 saturated carbocycles. The molecule has 0 radical (unpaired) electrons. The van der Waals surface area contributed by atoms with E-state index in [4.69, 9.17) is 4.74 Å². The Labute approximate surface area is 174 Å². The number of hydrogen-bond acceptors (Lipinski definition) is 6. The number of halogens is 1. The lowest BCUT2D eigenvalue weighted by atomic mass is 10.1. The largest absolute Gasteiger partial charge is 0.497 e. The number of fused-ring (bicyclic) bond motifs is 1. The Balaban J connectivity index is 1.74. The van der Waals surface area contributed by atoms with Gasteiger partial charge in [-0.3, -0.25) is 9.59 Å². The van der Waals surface area contributed by atoms with Gasteiger partial charge in [0.1, 0.15) is 23.8 Å². The molecule has 7 nitrogen and oxygen atoms in total. The highest BCUT2D eigenvalue weighted by molar-refractivity contribution is 7.19. The molecule has 2 aromatic carbocycles. The summed E-state index contributed by atoms with van der Waals surface area (Å²) in [5, 5.41) is 7.81. The number of aromatic nitrogens is 3. The molecule has 2 heterocycles. The molecule has 0 spiro atoms. The Morgan fingerprint density at radius 1 is 1.23 bits per heavy atom. The fraction of sp³-hybridized carbons (Fsp3) is 0.143. The van der Waals surface area contributed by atoms with E-state index in [-0.39, 0.29) is 12.1 Å². The van der Waals surface area contributed by atoms with Crippen LogP contribution in [0.25, 0.3) is 21.5 Å². The van der Waals surface area contributed by atoms with Crippen molar-refractivity contribution in [2.45, 2.75) is 13.5 Å². The monoisotopic (exact) mass is 424 g/mol. The predicted molar refractivity (Wildman–Crippen MR) is 113 cm³/mol. The van der Waals surface area contributed by atoms with Gasteiger partial charge >= 0.3 is 0 Å². The minimum absolute atomic E-state index is 0.264. The van der Waals surface area contributed by atoms with E-state index in [1.165, 1.54) is 35.6 Å². The van der Waals surface area contributed by atoms with Crippen molar-refractivity contribution < 1.29 is 13.9 Å². The Bertz CT molecular complexity index is 1300. The van der Waals surface area contributed by atoms with E-state index in [9.17, 15) is 14.0 Å². The van der Waals surface area contributed by atoms with Gasteiger partial charge < -0.3 is 10.1 Å². The van der Waals surface area contributed by atoms with Crippen LogP contribution < -0.4 is 15.6 Å². The number of nitrogens with one attached hydrogen (secondary N) is 1. The molecule has 0 atom stereocenters. The first kappa shape index (κ1) is 19.7. The number of carbonyl (C=O) groups excluding carboxylic acids is 1. The van der Waals surface area contributed by atoms with Crippen LogP contribution in [-0.2, 0) is 11.3 Å². The van der Waals surface area contributed by atoms with Crippen LogP contribution in [0.4, 0.5) is 10.1 Å². The highest BCUT2D eigenvalue weighted by Crippen LogP contribution is 2.31. The molecule has 4 aromatic rings. The Kier molecular flexibility index (Phi) is 5.28. The van der Waals surface area contributed by atoms with Gasteiger partial charge in [0.15, 0.2) is 5.52 Å². The zero-order chi connectivity index (χ0) is 21.3. The molecule has 9 heteroatoms. The van der Waals surface area contributed by atoms with Crippen molar-refractivity contribution in [3.8, 4) is 17.0 Å². The normalized spacial score (nSPS) is 10.9. The van der Waals surface area contributed by atoms with E-state index in [1.807, 2.05) is 31.2 Å². The minimum atomic E-state index is -0.459. The van der Waals surface area contributed by atoms with Crippen molar-refractivity contribution in [3.63, 3.8) is 0 Å². The molecule has 0 aliphatic rings. The Morgan fingerprint density at radius 2 is 2.00 bits per heavy atom. The number of carbonyl (C=O) groups is 1. The van der Waals surface area contributed by atoms with Crippen molar-refractivity contribution in [1.82, 2.24) is 14.8 Å². The van der Waals surface area contributed by atoms with Crippen LogP contribution in [0.1, 0.15) is 5.01 Å². The number of benzene rings is 2. The predicted octanol–water partition coefficient (Wildman–Crippen LogP) is 3.61. The first-order valence-electron chi connectivity index (χ1n) is 9.02. The quantitative estimate of drug-likeness (QED) is 0.529. The number of aryl methyl sites for hydroxylation is 1. The standard InChI is InChI=1S/C21H17FN4O3S/c1-12-23-19-20(30-12)18(13-4-3-5-16(10-13)29-2)25-26(21(19)28)11-17(27)24-15-8-6-14(22)7-9-15/h3-10H,11H2,1-2H3,(H,24,27). The highest BCUT2D eigenvalue weighted by atomic mass is 32.1. The van der Waals surface area contributed by atoms with E-state index in [0.717, 1.165) is 15.3 Å². The summed E-state index contributed by atoms with van der Waals surface area (Å²) in [6.07, 6.45) is 0. The van der Waals surface area contributed by atoms with Crippen molar-refractivity contribution in [2.24, 2.45) is 0 Å². The lowest BCUT2D eigenvalue weighted by Gasteiger charge is -2.10. The van der Waals surface area contributed by atoms with Crippen LogP contribution in [0.5, 0.6) is 5.75 Å². The summed E-state index contributed by atoms with van der Waals surface area (Å²) >= 11 is 1.37. The van der Waals surface area contributed by atoms with E-state index >= 15 is 0 Å². The van der Waals surface area contributed by atoms with E-state index in [1.54, 1.807) is 7.11 Å². The topological polar surface area (TPSA) is 86.1 Å². The average Bonchev–Trinajstić information content (AvgIpc) is 3.13. The summed E-state index contributed by atoms with van der Waals surface area (Å²) in [6, 6.07) is 12.7. The smallest absolute Gasteiger partial charge is 0.294 e. The number of rotatable bonds is 5. The molecule has 0 saturated heterocycles. The van der Waals surface area contributed by atoms with Gasteiger partial charge in [0, 0.05) is 11.3 Å². The maximum Gasteiger partial charge on any atom is 0.294 e. The molecule has 0 aliphatic carbocycles. The molecule has 0 fully saturated rings. The number of nitrogens with zero attached hydrogens (tertiary/aromatic N) is 3. The number of hydrogen-bond donors (Lipinski definition) is 1. The van der Waals surface area contributed by atoms with Crippen LogP contribution in [0.2, 0.25) is 0 Å². The lowest BCUT2D eigenvalue weighted by Crippen LogP contribution is -2.30. The summed E-state index contributed by atoms with van der Waals surface area (Å²) < 4.78 is 20.1. The molecule has 2 aromatic heterocycles. The van der Waals surface area contributed by atoms with Crippen LogP contribution >= 0.6 is 11.3 Å². The molecule has 0 aliphatic heterocycles. The Hall–Kier alpha value is -3.59. The van der Waals surface area contributed by atoms with Crippen molar-refractivity contribution in [2.75, 3.05) is 12.4 Å². The second-order valence-electron chi connectivity index (χ2n) is 6.51. The zero-order valence-corrected chi connectivity index (χ0v) is 17.0. The highest BCUT2D eigenvalue weighted by Gasteiger charge is 2.18. The second-order valence-corrected chi connectivity index (χ2v) is 7.71. The van der Waals surface area contributed by atoms with Crippen molar-refractivity contribution in [1.29, 1.82) is 0 Å². The maximum atomic E-state index is 13.1. The molecular formula is C21H17FN4O3S. The second kappa shape index (κ2) is 8.03. The van der Waals surface area contributed by atoms with E-state index in [2.05, 4.69) is 15.4 Å². The SMILES string of the molecule is COc1cccc(-c2nn(CC(=O)Nc3ccc(F)cc3)c(=O)c3nc(C)sc23)c1. The minimum Gasteiger partial charge on any atom is -0.497 e. The summed E-state index contributed by atoms with van der Waals surface area (Å²) in [4.78, 5) is 29.7. The molecular weight excluding hydrogens is 407 g/mol. The van der Waals surface area contributed by atoms with Crippen LogP contribution in [-0.4, -0.2) is 27.8 Å². The summed E-state index contributed by atoms with van der Waals surface area (Å²) in [5.41, 5.74) is 1.53.